The summed E-state index contributed by atoms with van der Waals surface area (Å²) in [7, 11) is 0. The molecule has 2 amide bonds. The van der Waals surface area contributed by atoms with E-state index >= 15 is 0 Å². The van der Waals surface area contributed by atoms with E-state index in [1.165, 1.54) is 0 Å². The summed E-state index contributed by atoms with van der Waals surface area (Å²) in [6.07, 6.45) is -0.976. The zero-order valence-corrected chi connectivity index (χ0v) is 18.1. The van der Waals surface area contributed by atoms with Crippen molar-refractivity contribution >= 4 is 23.7 Å². The Kier molecular flexibility index (Phi) is 6.73. The van der Waals surface area contributed by atoms with Crippen LogP contribution < -0.4 is 10.6 Å². The standard InChI is InChI=1S/C26H18F2N2O5/c27-20-11-12-21(24(28)23(20)25(33)29-13-5-10-22(31)32)30-26(34)35-14-19-17-8-3-1-6-15(17)16-7-2-4-9-18(16)19/h1-4,6-9,11-12,19H,13-14H2,(H,29,33)(H,30,34)(H,31,32). The molecule has 0 aliphatic heterocycles. The van der Waals surface area contributed by atoms with E-state index in [1.54, 1.807) is 5.92 Å². The highest BCUT2D eigenvalue weighted by Gasteiger charge is 2.29. The second-order valence-electron chi connectivity index (χ2n) is 7.52. The van der Waals surface area contributed by atoms with Crippen LogP contribution in [0.2, 0.25) is 0 Å². The molecule has 1 aliphatic rings. The molecule has 0 heterocycles. The Morgan fingerprint density at radius 3 is 2.20 bits per heavy atom. The number of anilines is 1. The maximum absolute atomic E-state index is 14.8. The van der Waals surface area contributed by atoms with E-state index in [4.69, 9.17) is 9.84 Å². The van der Waals surface area contributed by atoms with Crippen LogP contribution in [-0.4, -0.2) is 36.2 Å². The van der Waals surface area contributed by atoms with Crippen molar-refractivity contribution < 1.29 is 33.0 Å². The highest BCUT2D eigenvalue weighted by atomic mass is 19.1. The molecule has 0 bridgehead atoms. The quantitative estimate of drug-likeness (QED) is 0.480. The third-order valence-corrected chi connectivity index (χ3v) is 5.43. The number of nitrogens with one attached hydrogen (secondary N) is 2. The van der Waals surface area contributed by atoms with Crippen LogP contribution in [0.15, 0.2) is 60.7 Å². The molecule has 1 aliphatic carbocycles. The Morgan fingerprint density at radius 2 is 1.57 bits per heavy atom. The number of hydrogen-bond donors (Lipinski definition) is 3. The highest BCUT2D eigenvalue weighted by Crippen LogP contribution is 2.44. The smallest absolute Gasteiger partial charge is 0.411 e. The molecule has 4 rings (SSSR count). The van der Waals surface area contributed by atoms with Crippen molar-refractivity contribution in [2.24, 2.45) is 0 Å². The minimum Gasteiger partial charge on any atom is -0.472 e. The molecule has 0 fully saturated rings. The van der Waals surface area contributed by atoms with Crippen molar-refractivity contribution in [3.63, 3.8) is 0 Å². The van der Waals surface area contributed by atoms with Crippen LogP contribution in [0, 0.1) is 23.5 Å². The van der Waals surface area contributed by atoms with Gasteiger partial charge in [0.15, 0.2) is 5.82 Å². The monoisotopic (exact) mass is 476 g/mol. The Balaban J connectivity index is 1.45. The summed E-state index contributed by atoms with van der Waals surface area (Å²) in [6, 6.07) is 17.3. The molecule has 0 saturated carbocycles. The van der Waals surface area contributed by atoms with Crippen molar-refractivity contribution in [3.8, 4) is 23.0 Å². The van der Waals surface area contributed by atoms with Gasteiger partial charge in [-0.05, 0) is 34.4 Å². The van der Waals surface area contributed by atoms with Crippen molar-refractivity contribution in [2.75, 3.05) is 18.5 Å². The van der Waals surface area contributed by atoms with Crippen LogP contribution in [0.3, 0.4) is 0 Å². The number of rotatable bonds is 5. The van der Waals surface area contributed by atoms with Gasteiger partial charge in [-0.15, -0.1) is 0 Å². The summed E-state index contributed by atoms with van der Waals surface area (Å²) < 4.78 is 34.3. The Morgan fingerprint density at radius 1 is 0.943 bits per heavy atom. The first kappa shape index (κ1) is 23.4. The normalized spacial score (nSPS) is 11.5. The lowest BCUT2D eigenvalue weighted by Crippen LogP contribution is -2.27. The summed E-state index contributed by atoms with van der Waals surface area (Å²) in [6.45, 7) is -0.452. The molecule has 0 radical (unpaired) electrons. The zero-order valence-electron chi connectivity index (χ0n) is 18.1. The predicted molar refractivity (Wildman–Crippen MR) is 123 cm³/mol. The van der Waals surface area contributed by atoms with Gasteiger partial charge in [0.1, 0.15) is 18.0 Å². The van der Waals surface area contributed by atoms with E-state index in [-0.39, 0.29) is 12.5 Å². The van der Waals surface area contributed by atoms with Crippen LogP contribution in [0.1, 0.15) is 27.4 Å². The van der Waals surface area contributed by atoms with Crippen LogP contribution in [0.5, 0.6) is 0 Å². The number of benzene rings is 3. The molecule has 3 N–H and O–H groups in total. The average molecular weight is 476 g/mol. The number of hydrogen-bond acceptors (Lipinski definition) is 4. The SMILES string of the molecule is O=C(O)C#CCNC(=O)c1c(F)ccc(NC(=O)OCC2c3ccccc3-c3ccccc32)c1F. The molecule has 0 spiro atoms. The molecular weight excluding hydrogens is 458 g/mol. The predicted octanol–water partition coefficient (Wildman–Crippen LogP) is 4.14. The topological polar surface area (TPSA) is 105 Å². The summed E-state index contributed by atoms with van der Waals surface area (Å²) in [5, 5.41) is 12.8. The van der Waals surface area contributed by atoms with Crippen molar-refractivity contribution in [2.45, 2.75) is 5.92 Å². The number of aliphatic carboxylic acids is 1. The van der Waals surface area contributed by atoms with Gasteiger partial charge in [0.05, 0.1) is 12.2 Å². The lowest BCUT2D eigenvalue weighted by atomic mass is 9.98. The highest BCUT2D eigenvalue weighted by molar-refractivity contribution is 5.97. The zero-order chi connectivity index (χ0) is 24.9. The maximum atomic E-state index is 14.8. The first-order valence-corrected chi connectivity index (χ1v) is 10.5. The van der Waals surface area contributed by atoms with E-state index in [1.807, 2.05) is 48.5 Å². The molecule has 7 nitrogen and oxygen atoms in total. The maximum Gasteiger partial charge on any atom is 0.411 e. The summed E-state index contributed by atoms with van der Waals surface area (Å²) in [5.41, 5.74) is 2.69. The number of carbonyl (C=O) groups excluding carboxylic acids is 2. The van der Waals surface area contributed by atoms with Gasteiger partial charge in [0.25, 0.3) is 5.91 Å². The number of carboxylic acid groups (broad SMARTS) is 1. The van der Waals surface area contributed by atoms with Crippen LogP contribution in [-0.2, 0) is 9.53 Å². The molecule has 3 aromatic carbocycles. The van der Waals surface area contributed by atoms with Crippen molar-refractivity contribution in [1.29, 1.82) is 0 Å². The Labute approximate surface area is 198 Å². The summed E-state index contributed by atoms with van der Waals surface area (Å²) in [4.78, 5) is 34.9. The van der Waals surface area contributed by atoms with Gasteiger partial charge in [-0.25, -0.2) is 18.4 Å². The third kappa shape index (κ3) is 4.96. The van der Waals surface area contributed by atoms with E-state index < -0.39 is 47.4 Å². The van der Waals surface area contributed by atoms with E-state index in [9.17, 15) is 23.2 Å². The molecule has 176 valence electrons. The van der Waals surface area contributed by atoms with Crippen molar-refractivity contribution in [1.82, 2.24) is 5.32 Å². The fourth-order valence-electron chi connectivity index (χ4n) is 3.93. The fourth-order valence-corrected chi connectivity index (χ4v) is 3.93. The molecule has 0 saturated heterocycles. The van der Waals surface area contributed by atoms with Crippen LogP contribution in [0.25, 0.3) is 11.1 Å². The number of ether oxygens (including phenoxy) is 1. The van der Waals surface area contributed by atoms with Crippen molar-refractivity contribution in [3.05, 3.63) is 89.0 Å². The second-order valence-corrected chi connectivity index (χ2v) is 7.52. The van der Waals surface area contributed by atoms with Gasteiger partial charge in [0.2, 0.25) is 0 Å². The number of carbonyl (C=O) groups is 3. The Hall–Kier alpha value is -4.71. The number of amides is 2. The van der Waals surface area contributed by atoms with Crippen LogP contribution >= 0.6 is 0 Å². The van der Waals surface area contributed by atoms with E-state index in [2.05, 4.69) is 16.6 Å². The number of halogens is 2. The summed E-state index contributed by atoms with van der Waals surface area (Å²) in [5.74, 6) is -1.37. The minimum atomic E-state index is -1.41. The van der Waals surface area contributed by atoms with Crippen LogP contribution in [0.4, 0.5) is 19.3 Å². The van der Waals surface area contributed by atoms with Gasteiger partial charge < -0.3 is 15.2 Å². The molecule has 35 heavy (non-hydrogen) atoms. The molecule has 3 aromatic rings. The lowest BCUT2D eigenvalue weighted by molar-refractivity contribution is -0.130. The van der Waals surface area contributed by atoms with Gasteiger partial charge in [-0.1, -0.05) is 54.5 Å². The lowest BCUT2D eigenvalue weighted by Gasteiger charge is -2.15. The molecule has 0 aromatic heterocycles. The molecule has 0 atom stereocenters. The number of carboxylic acids is 1. The van der Waals surface area contributed by atoms with Gasteiger partial charge in [-0.3, -0.25) is 10.1 Å². The Bertz CT molecular complexity index is 1350. The summed E-state index contributed by atoms with van der Waals surface area (Å²) >= 11 is 0. The molecule has 0 unspecified atom stereocenters. The number of fused-ring (bicyclic) bond motifs is 3. The first-order valence-electron chi connectivity index (χ1n) is 10.5. The van der Waals surface area contributed by atoms with Gasteiger partial charge in [0, 0.05) is 11.8 Å². The van der Waals surface area contributed by atoms with Gasteiger partial charge in [-0.2, -0.15) is 0 Å². The molecular formula is C26H18F2N2O5. The average Bonchev–Trinajstić information content (AvgIpc) is 3.16. The largest absolute Gasteiger partial charge is 0.472 e. The minimum absolute atomic E-state index is 0.0156. The van der Waals surface area contributed by atoms with E-state index in [0.29, 0.717) is 0 Å². The van der Waals surface area contributed by atoms with Gasteiger partial charge >= 0.3 is 12.1 Å². The second kappa shape index (κ2) is 10.1. The third-order valence-electron chi connectivity index (χ3n) is 5.43. The first-order chi connectivity index (χ1) is 16.9. The molecule has 9 heteroatoms. The van der Waals surface area contributed by atoms with E-state index in [0.717, 1.165) is 34.4 Å². The fraction of sp³-hybridized carbons (Fsp3) is 0.115.